The summed E-state index contributed by atoms with van der Waals surface area (Å²) in [6, 6.07) is 22.9. The van der Waals surface area contributed by atoms with Crippen LogP contribution in [0, 0.1) is 0 Å². The third-order valence-electron chi connectivity index (χ3n) is 4.52. The largest absolute Gasteiger partial charge is 0.503 e. The van der Waals surface area contributed by atoms with Crippen LogP contribution in [0.15, 0.2) is 72.8 Å². The van der Waals surface area contributed by atoms with E-state index in [2.05, 4.69) is 0 Å². The summed E-state index contributed by atoms with van der Waals surface area (Å²) < 4.78 is 18.9. The van der Waals surface area contributed by atoms with E-state index in [1.54, 1.807) is 0 Å². The van der Waals surface area contributed by atoms with Gasteiger partial charge in [0.05, 0.1) is 19.8 Å². The van der Waals surface area contributed by atoms with E-state index >= 15 is 0 Å². The molecule has 3 aromatic carbocycles. The van der Waals surface area contributed by atoms with Gasteiger partial charge in [-0.3, -0.25) is 0 Å². The monoisotopic (exact) mass is 514 g/mol. The number of hydrogen-bond donors (Lipinski definition) is 0. The number of halogens is 4. The maximum atomic E-state index is 6.30. The quantitative estimate of drug-likeness (QED) is 0.193. The van der Waals surface area contributed by atoms with E-state index in [9.17, 15) is 0 Å². The molecule has 0 unspecified atom stereocenters. The van der Waals surface area contributed by atoms with E-state index in [4.69, 9.17) is 59.7 Å². The zero-order valence-electron chi connectivity index (χ0n) is 16.7. The van der Waals surface area contributed by atoms with Gasteiger partial charge in [0.15, 0.2) is 0 Å². The van der Waals surface area contributed by atoms with Crippen LogP contribution in [-0.2, 0) is 33.1 Å². The molecule has 3 nitrogen and oxygen atoms in total. The van der Waals surface area contributed by atoms with E-state index in [1.807, 2.05) is 72.8 Å². The first-order chi connectivity index (χ1) is 15.0. The summed E-state index contributed by atoms with van der Waals surface area (Å²) in [6.45, 7) is 1.00. The van der Waals surface area contributed by atoms with Gasteiger partial charge in [0, 0.05) is 27.0 Å². The fourth-order valence-corrected chi connectivity index (χ4v) is 5.93. The summed E-state index contributed by atoms with van der Waals surface area (Å²) in [4.78, 5) is 0. The minimum Gasteiger partial charge on any atom is -0.369 e. The van der Waals surface area contributed by atoms with Crippen LogP contribution in [0.2, 0.25) is 21.1 Å². The standard InChI is InChI=1S/C23H22Cl4O3Si/c24-13-14-31(28-15-18-1-7-21(25)8-2-18,29-16-19-3-9-22(26)10-4-19)30-17-20-5-11-23(27)12-6-20/h1-12H,13-17H2. The van der Waals surface area contributed by atoms with E-state index in [-0.39, 0.29) is 0 Å². The lowest BCUT2D eigenvalue weighted by Gasteiger charge is -2.29. The Balaban J connectivity index is 1.75. The fraction of sp³-hybridized carbons (Fsp3) is 0.217. The van der Waals surface area contributed by atoms with Gasteiger partial charge in [-0.15, -0.1) is 11.6 Å². The SMILES string of the molecule is ClCC[Si](OCc1ccc(Cl)cc1)(OCc1ccc(Cl)cc1)OCc1ccc(Cl)cc1. The molecule has 8 heteroatoms. The Morgan fingerprint density at radius 3 is 1.06 bits per heavy atom. The molecule has 0 saturated heterocycles. The molecule has 0 radical (unpaired) electrons. The zero-order chi connectivity index (χ0) is 22.1. The van der Waals surface area contributed by atoms with Gasteiger partial charge in [0.25, 0.3) is 0 Å². The van der Waals surface area contributed by atoms with Crippen molar-refractivity contribution in [3.8, 4) is 0 Å². The Hall–Kier alpha value is -1.08. The third-order valence-corrected chi connectivity index (χ3v) is 8.39. The molecule has 0 spiro atoms. The lowest BCUT2D eigenvalue weighted by atomic mass is 10.2. The van der Waals surface area contributed by atoms with Gasteiger partial charge in [-0.25, -0.2) is 0 Å². The highest BCUT2D eigenvalue weighted by atomic mass is 35.5. The fourth-order valence-electron chi connectivity index (χ4n) is 2.78. The molecule has 0 aliphatic rings. The second-order valence-corrected chi connectivity index (χ2v) is 11.3. The summed E-state index contributed by atoms with van der Waals surface area (Å²) in [7, 11) is -3.12. The molecule has 0 bridgehead atoms. The van der Waals surface area contributed by atoms with Gasteiger partial charge >= 0.3 is 8.80 Å². The zero-order valence-corrected chi connectivity index (χ0v) is 20.7. The van der Waals surface area contributed by atoms with Crippen molar-refractivity contribution >= 4 is 55.2 Å². The Bertz CT molecular complexity index is 814. The first-order valence-electron chi connectivity index (χ1n) is 9.69. The summed E-state index contributed by atoms with van der Waals surface area (Å²) in [5.74, 6) is 0.355. The topological polar surface area (TPSA) is 27.7 Å². The van der Waals surface area contributed by atoms with Crippen LogP contribution < -0.4 is 0 Å². The highest BCUT2D eigenvalue weighted by Gasteiger charge is 2.41. The van der Waals surface area contributed by atoms with E-state index in [0.717, 1.165) is 16.7 Å². The molecule has 3 rings (SSSR count). The molecule has 0 heterocycles. The Morgan fingerprint density at radius 2 is 0.806 bits per heavy atom. The minimum atomic E-state index is -3.12. The summed E-state index contributed by atoms with van der Waals surface area (Å²) >= 11 is 24.1. The molecular weight excluding hydrogens is 494 g/mol. The predicted molar refractivity (Wildman–Crippen MR) is 130 cm³/mol. The second kappa shape index (κ2) is 12.2. The van der Waals surface area contributed by atoms with Crippen molar-refractivity contribution in [2.24, 2.45) is 0 Å². The van der Waals surface area contributed by atoms with Crippen LogP contribution in [0.3, 0.4) is 0 Å². The van der Waals surface area contributed by atoms with Crippen LogP contribution in [-0.4, -0.2) is 14.7 Å². The van der Waals surface area contributed by atoms with Gasteiger partial charge in [-0.1, -0.05) is 71.2 Å². The summed E-state index contributed by atoms with van der Waals surface area (Å²) in [6.07, 6.45) is 0. The maximum Gasteiger partial charge on any atom is 0.503 e. The Morgan fingerprint density at radius 1 is 0.516 bits per heavy atom. The van der Waals surface area contributed by atoms with Crippen molar-refractivity contribution in [1.82, 2.24) is 0 Å². The van der Waals surface area contributed by atoms with Crippen LogP contribution in [0.25, 0.3) is 0 Å². The van der Waals surface area contributed by atoms with E-state index in [1.165, 1.54) is 0 Å². The normalized spacial score (nSPS) is 11.6. The van der Waals surface area contributed by atoms with Crippen LogP contribution in [0.1, 0.15) is 16.7 Å². The predicted octanol–water partition coefficient (Wildman–Crippen LogP) is 7.77. The first-order valence-corrected chi connectivity index (χ1v) is 13.3. The average molecular weight is 516 g/mol. The molecule has 164 valence electrons. The van der Waals surface area contributed by atoms with Gasteiger partial charge in [0.2, 0.25) is 0 Å². The van der Waals surface area contributed by atoms with Crippen molar-refractivity contribution in [2.45, 2.75) is 25.9 Å². The summed E-state index contributed by atoms with van der Waals surface area (Å²) in [5, 5.41) is 2.02. The molecule has 0 aromatic heterocycles. The molecule has 0 fully saturated rings. The molecule has 31 heavy (non-hydrogen) atoms. The average Bonchev–Trinajstić information content (AvgIpc) is 2.78. The van der Waals surface area contributed by atoms with E-state index in [0.29, 0.717) is 46.8 Å². The number of benzene rings is 3. The van der Waals surface area contributed by atoms with Gasteiger partial charge in [-0.05, 0) is 53.1 Å². The molecule has 0 aliphatic heterocycles. The number of rotatable bonds is 11. The number of alkyl halides is 1. The second-order valence-electron chi connectivity index (χ2n) is 6.87. The summed E-state index contributed by atoms with van der Waals surface area (Å²) in [5.41, 5.74) is 2.92. The maximum absolute atomic E-state index is 6.30. The van der Waals surface area contributed by atoms with Gasteiger partial charge < -0.3 is 13.3 Å². The number of hydrogen-bond acceptors (Lipinski definition) is 3. The molecule has 0 saturated carbocycles. The van der Waals surface area contributed by atoms with Gasteiger partial charge in [-0.2, -0.15) is 0 Å². The van der Waals surface area contributed by atoms with Crippen LogP contribution >= 0.6 is 46.4 Å². The van der Waals surface area contributed by atoms with Crippen LogP contribution in [0.5, 0.6) is 0 Å². The van der Waals surface area contributed by atoms with Crippen molar-refractivity contribution < 1.29 is 13.3 Å². The van der Waals surface area contributed by atoms with E-state index < -0.39 is 8.80 Å². The van der Waals surface area contributed by atoms with Crippen molar-refractivity contribution in [3.05, 3.63) is 105 Å². The molecule has 3 aromatic rings. The first kappa shape index (κ1) is 24.6. The molecule has 0 aliphatic carbocycles. The van der Waals surface area contributed by atoms with Crippen LogP contribution in [0.4, 0.5) is 0 Å². The van der Waals surface area contributed by atoms with Crippen molar-refractivity contribution in [3.63, 3.8) is 0 Å². The third kappa shape index (κ3) is 8.08. The van der Waals surface area contributed by atoms with Crippen molar-refractivity contribution in [2.75, 3.05) is 5.88 Å². The Labute approximate surface area is 204 Å². The van der Waals surface area contributed by atoms with Gasteiger partial charge in [0.1, 0.15) is 0 Å². The molecule has 0 N–H and O–H groups in total. The molecular formula is C23H22Cl4O3Si. The highest BCUT2D eigenvalue weighted by molar-refractivity contribution is 6.61. The van der Waals surface area contributed by atoms with Crippen molar-refractivity contribution in [1.29, 1.82) is 0 Å². The lowest BCUT2D eigenvalue weighted by molar-refractivity contribution is 0.0440. The molecule has 0 amide bonds. The Kier molecular flexibility index (Phi) is 9.69. The minimum absolute atomic E-state index is 0.335. The highest BCUT2D eigenvalue weighted by Crippen LogP contribution is 2.24. The smallest absolute Gasteiger partial charge is 0.369 e. The lowest BCUT2D eigenvalue weighted by Crippen LogP contribution is -2.45. The molecule has 0 atom stereocenters.